The van der Waals surface area contributed by atoms with E-state index in [1.165, 1.54) is 12.0 Å². The second-order valence-corrected chi connectivity index (χ2v) is 5.56. The van der Waals surface area contributed by atoms with Crippen LogP contribution in [0, 0.1) is 5.92 Å². The Hall–Kier alpha value is -0.930. The van der Waals surface area contributed by atoms with Crippen molar-refractivity contribution in [1.29, 1.82) is 0 Å². The molecule has 0 aliphatic carbocycles. The summed E-state index contributed by atoms with van der Waals surface area (Å²) >= 11 is 0. The third kappa shape index (κ3) is 2.29. The molecule has 3 rings (SSSR count). The Morgan fingerprint density at radius 3 is 2.89 bits per heavy atom. The Balaban J connectivity index is 1.61. The lowest BCUT2D eigenvalue weighted by Gasteiger charge is -2.24. The van der Waals surface area contributed by atoms with Gasteiger partial charge in [-0.1, -0.05) is 13.0 Å². The Morgan fingerprint density at radius 1 is 1.44 bits per heavy atom. The van der Waals surface area contributed by atoms with Crippen LogP contribution in [0.5, 0.6) is 0 Å². The lowest BCUT2D eigenvalue weighted by Crippen LogP contribution is -2.31. The normalized spacial score (nSPS) is 31.8. The van der Waals surface area contributed by atoms with Crippen LogP contribution in [0.3, 0.4) is 0 Å². The maximum Gasteiger partial charge on any atom is 0.0649 e. The van der Waals surface area contributed by atoms with Gasteiger partial charge < -0.3 is 9.84 Å². The molecule has 3 nitrogen and oxygen atoms in total. The van der Waals surface area contributed by atoms with Crippen LogP contribution in [-0.2, 0) is 17.6 Å². The highest BCUT2D eigenvalue weighted by Gasteiger charge is 2.43. The van der Waals surface area contributed by atoms with E-state index in [0.717, 1.165) is 25.0 Å². The zero-order valence-electron chi connectivity index (χ0n) is 10.9. The first-order chi connectivity index (χ1) is 8.76. The van der Waals surface area contributed by atoms with E-state index >= 15 is 0 Å². The third-order valence-electron chi connectivity index (χ3n) is 4.36. The van der Waals surface area contributed by atoms with Crippen molar-refractivity contribution in [2.75, 3.05) is 0 Å². The van der Waals surface area contributed by atoms with Gasteiger partial charge in [-0.15, -0.1) is 0 Å². The van der Waals surface area contributed by atoms with Crippen LogP contribution in [0.15, 0.2) is 18.3 Å². The number of aromatic nitrogens is 1. The van der Waals surface area contributed by atoms with Gasteiger partial charge in [0.15, 0.2) is 0 Å². The second kappa shape index (κ2) is 4.98. The van der Waals surface area contributed by atoms with Gasteiger partial charge in [0.2, 0.25) is 0 Å². The fourth-order valence-electron chi connectivity index (χ4n) is 3.23. The van der Waals surface area contributed by atoms with Crippen molar-refractivity contribution in [2.24, 2.45) is 5.92 Å². The van der Waals surface area contributed by atoms with E-state index in [-0.39, 0.29) is 6.10 Å². The fourth-order valence-corrected chi connectivity index (χ4v) is 3.23. The number of hydrogen-bond acceptors (Lipinski definition) is 3. The van der Waals surface area contributed by atoms with Crippen LogP contribution in [0.4, 0.5) is 0 Å². The van der Waals surface area contributed by atoms with Gasteiger partial charge in [-0.05, 0) is 37.3 Å². The molecule has 3 heterocycles. The molecular formula is C15H21NO2. The second-order valence-electron chi connectivity index (χ2n) is 5.56. The molecule has 0 saturated carbocycles. The number of rotatable bonds is 4. The average molecular weight is 247 g/mol. The van der Waals surface area contributed by atoms with Gasteiger partial charge >= 0.3 is 0 Å². The number of pyridine rings is 1. The average Bonchev–Trinajstić information content (AvgIpc) is 3.02. The van der Waals surface area contributed by atoms with Gasteiger partial charge in [0.05, 0.1) is 18.3 Å². The van der Waals surface area contributed by atoms with Crippen molar-refractivity contribution in [3.63, 3.8) is 0 Å². The van der Waals surface area contributed by atoms with Crippen LogP contribution >= 0.6 is 0 Å². The van der Waals surface area contributed by atoms with Gasteiger partial charge in [-0.2, -0.15) is 0 Å². The minimum absolute atomic E-state index is 0.292. The lowest BCUT2D eigenvalue weighted by molar-refractivity contribution is 0.0427. The van der Waals surface area contributed by atoms with E-state index in [9.17, 15) is 5.11 Å². The molecule has 1 N–H and O–H groups in total. The van der Waals surface area contributed by atoms with E-state index in [0.29, 0.717) is 24.5 Å². The van der Waals surface area contributed by atoms with Gasteiger partial charge in [-0.3, -0.25) is 4.98 Å². The molecular weight excluding hydrogens is 226 g/mol. The topological polar surface area (TPSA) is 42.4 Å². The zero-order chi connectivity index (χ0) is 12.5. The maximum absolute atomic E-state index is 10.3. The molecule has 0 amide bonds. The van der Waals surface area contributed by atoms with Crippen LogP contribution < -0.4 is 0 Å². The highest BCUT2D eigenvalue weighted by atomic mass is 16.5. The summed E-state index contributed by atoms with van der Waals surface area (Å²) in [5, 5.41) is 10.3. The molecule has 2 aliphatic heterocycles. The van der Waals surface area contributed by atoms with E-state index in [4.69, 9.17) is 4.74 Å². The fraction of sp³-hybridized carbons (Fsp3) is 0.667. The summed E-state index contributed by atoms with van der Waals surface area (Å²) in [4.78, 5) is 4.42. The Labute approximate surface area is 108 Å². The Morgan fingerprint density at radius 2 is 2.33 bits per heavy atom. The van der Waals surface area contributed by atoms with Crippen LogP contribution in [0.1, 0.15) is 37.4 Å². The molecule has 2 bridgehead atoms. The molecule has 4 unspecified atom stereocenters. The van der Waals surface area contributed by atoms with E-state index in [2.05, 4.69) is 18.0 Å². The summed E-state index contributed by atoms with van der Waals surface area (Å²) in [7, 11) is 0. The summed E-state index contributed by atoms with van der Waals surface area (Å²) in [5.74, 6) is 0.316. The molecule has 0 aromatic carbocycles. The molecule has 2 aliphatic rings. The minimum atomic E-state index is -0.305. The molecule has 4 atom stereocenters. The first-order valence-corrected chi connectivity index (χ1v) is 7.03. The SMILES string of the molecule is CCc1ccc(CC(O)C2CC3CCC2O3)nc1. The summed E-state index contributed by atoms with van der Waals surface area (Å²) < 4.78 is 5.80. The van der Waals surface area contributed by atoms with Crippen molar-refractivity contribution in [2.45, 2.75) is 57.3 Å². The van der Waals surface area contributed by atoms with Crippen LogP contribution in [0.25, 0.3) is 0 Å². The summed E-state index contributed by atoms with van der Waals surface area (Å²) in [5.41, 5.74) is 2.24. The number of aliphatic hydroxyl groups is 1. The minimum Gasteiger partial charge on any atom is -0.392 e. The summed E-state index contributed by atoms with van der Waals surface area (Å²) in [6, 6.07) is 4.14. The largest absolute Gasteiger partial charge is 0.392 e. The van der Waals surface area contributed by atoms with Crippen molar-refractivity contribution in [3.8, 4) is 0 Å². The van der Waals surface area contributed by atoms with Crippen molar-refractivity contribution < 1.29 is 9.84 Å². The lowest BCUT2D eigenvalue weighted by atomic mass is 9.83. The van der Waals surface area contributed by atoms with E-state index in [1.807, 2.05) is 12.3 Å². The van der Waals surface area contributed by atoms with Gasteiger partial charge in [0.1, 0.15) is 0 Å². The molecule has 0 radical (unpaired) electrons. The number of nitrogens with zero attached hydrogens (tertiary/aromatic N) is 1. The molecule has 3 heteroatoms. The molecule has 0 spiro atoms. The molecule has 2 fully saturated rings. The van der Waals surface area contributed by atoms with Crippen molar-refractivity contribution in [3.05, 3.63) is 29.6 Å². The summed E-state index contributed by atoms with van der Waals surface area (Å²) in [6.07, 6.45) is 7.30. The number of fused-ring (bicyclic) bond motifs is 2. The zero-order valence-corrected chi connectivity index (χ0v) is 10.9. The third-order valence-corrected chi connectivity index (χ3v) is 4.36. The van der Waals surface area contributed by atoms with Gasteiger partial charge in [-0.25, -0.2) is 0 Å². The van der Waals surface area contributed by atoms with Gasteiger partial charge in [0, 0.05) is 24.2 Å². The first-order valence-electron chi connectivity index (χ1n) is 7.03. The molecule has 1 aromatic rings. The first kappa shape index (κ1) is 12.1. The van der Waals surface area contributed by atoms with E-state index < -0.39 is 0 Å². The van der Waals surface area contributed by atoms with Crippen LogP contribution in [-0.4, -0.2) is 28.4 Å². The Kier molecular flexibility index (Phi) is 3.35. The van der Waals surface area contributed by atoms with E-state index in [1.54, 1.807) is 0 Å². The summed E-state index contributed by atoms with van der Waals surface area (Å²) in [6.45, 7) is 2.12. The molecule has 2 saturated heterocycles. The van der Waals surface area contributed by atoms with Gasteiger partial charge in [0.25, 0.3) is 0 Å². The number of hydrogen-bond donors (Lipinski definition) is 1. The van der Waals surface area contributed by atoms with Crippen LogP contribution in [0.2, 0.25) is 0 Å². The monoisotopic (exact) mass is 247 g/mol. The van der Waals surface area contributed by atoms with Crippen molar-refractivity contribution >= 4 is 0 Å². The predicted octanol–water partition coefficient (Wildman–Crippen LogP) is 2.11. The number of aryl methyl sites for hydroxylation is 1. The van der Waals surface area contributed by atoms with Crippen molar-refractivity contribution in [1.82, 2.24) is 4.98 Å². The quantitative estimate of drug-likeness (QED) is 0.886. The number of aliphatic hydroxyl groups excluding tert-OH is 1. The molecule has 1 aromatic heterocycles. The highest BCUT2D eigenvalue weighted by Crippen LogP contribution is 2.40. The predicted molar refractivity (Wildman–Crippen MR) is 69.3 cm³/mol. The maximum atomic E-state index is 10.3. The highest BCUT2D eigenvalue weighted by molar-refractivity contribution is 5.14. The molecule has 98 valence electrons. The number of ether oxygens (including phenoxy) is 1. The smallest absolute Gasteiger partial charge is 0.0649 e. The molecule has 18 heavy (non-hydrogen) atoms. The Bertz CT molecular complexity index is 403. The standard InChI is InChI=1S/C15H21NO2/c1-2-10-3-4-11(16-9-10)7-14(17)13-8-12-5-6-15(13)18-12/h3-4,9,12-15,17H,2,5-8H2,1H3.